The van der Waals surface area contributed by atoms with Crippen molar-refractivity contribution in [3.05, 3.63) is 47.6 Å². The van der Waals surface area contributed by atoms with Crippen LogP contribution in [-0.2, 0) is 6.42 Å². The molecule has 0 bridgehead atoms. The number of aliphatic hydroxyl groups excluding tert-OH is 1. The van der Waals surface area contributed by atoms with Crippen molar-refractivity contribution in [2.45, 2.75) is 31.3 Å². The summed E-state index contributed by atoms with van der Waals surface area (Å²) in [7, 11) is 0. The minimum atomic E-state index is -0.580. The molecule has 1 heterocycles. The van der Waals surface area contributed by atoms with E-state index in [1.807, 2.05) is 30.3 Å². The first kappa shape index (κ1) is 10.5. The summed E-state index contributed by atoms with van der Waals surface area (Å²) in [4.78, 5) is 4.30. The van der Waals surface area contributed by atoms with Gasteiger partial charge >= 0.3 is 0 Å². The fourth-order valence-corrected chi connectivity index (χ4v) is 1.82. The zero-order valence-corrected chi connectivity index (χ0v) is 9.41. The Morgan fingerprint density at radius 2 is 2.06 bits per heavy atom. The number of aliphatic hydroxyl groups is 1. The van der Waals surface area contributed by atoms with E-state index in [0.29, 0.717) is 18.2 Å². The fourth-order valence-electron chi connectivity index (χ4n) is 1.82. The van der Waals surface area contributed by atoms with E-state index in [9.17, 15) is 5.11 Å². The van der Waals surface area contributed by atoms with Gasteiger partial charge in [-0.2, -0.15) is 4.98 Å². The highest BCUT2D eigenvalue weighted by atomic mass is 16.5. The summed E-state index contributed by atoms with van der Waals surface area (Å²) in [5.74, 6) is 1.80. The van der Waals surface area contributed by atoms with E-state index in [1.165, 1.54) is 0 Å². The lowest BCUT2D eigenvalue weighted by Crippen LogP contribution is -2.01. The molecule has 1 unspecified atom stereocenters. The maximum atomic E-state index is 10.0. The third kappa shape index (κ3) is 2.36. The van der Waals surface area contributed by atoms with E-state index in [-0.39, 0.29) is 0 Å². The third-order valence-electron chi connectivity index (χ3n) is 2.98. The number of benzene rings is 1. The minimum absolute atomic E-state index is 0.379. The van der Waals surface area contributed by atoms with Crippen molar-refractivity contribution in [3.8, 4) is 0 Å². The van der Waals surface area contributed by atoms with E-state index < -0.39 is 6.10 Å². The van der Waals surface area contributed by atoms with Gasteiger partial charge in [0.25, 0.3) is 0 Å². The first-order valence-electron chi connectivity index (χ1n) is 5.88. The van der Waals surface area contributed by atoms with E-state index >= 15 is 0 Å². The predicted octanol–water partition coefficient (Wildman–Crippen LogP) is 2.22. The summed E-state index contributed by atoms with van der Waals surface area (Å²) in [6.45, 7) is 0. The normalized spacial score (nSPS) is 17.0. The summed E-state index contributed by atoms with van der Waals surface area (Å²) in [5.41, 5.74) is 0.874. The molecule has 1 atom stereocenters. The molecule has 4 nitrogen and oxygen atoms in total. The number of aromatic nitrogens is 2. The summed E-state index contributed by atoms with van der Waals surface area (Å²) in [6.07, 6.45) is 2.10. The Bertz CT molecular complexity index is 491. The molecule has 1 aromatic heterocycles. The molecule has 1 aromatic carbocycles. The highest BCUT2D eigenvalue weighted by Crippen LogP contribution is 2.38. The molecular formula is C13H14N2O2. The maximum Gasteiger partial charge on any atom is 0.229 e. The van der Waals surface area contributed by atoms with Gasteiger partial charge in [-0.3, -0.25) is 0 Å². The molecule has 0 saturated heterocycles. The van der Waals surface area contributed by atoms with E-state index in [0.717, 1.165) is 24.2 Å². The molecular weight excluding hydrogens is 216 g/mol. The van der Waals surface area contributed by atoms with Crippen molar-refractivity contribution in [3.63, 3.8) is 0 Å². The Morgan fingerprint density at radius 3 is 2.76 bits per heavy atom. The van der Waals surface area contributed by atoms with Crippen LogP contribution in [0.4, 0.5) is 0 Å². The molecule has 2 aromatic rings. The second-order valence-electron chi connectivity index (χ2n) is 4.45. The van der Waals surface area contributed by atoms with E-state index in [2.05, 4.69) is 10.1 Å². The summed E-state index contributed by atoms with van der Waals surface area (Å²) in [6, 6.07) is 9.52. The smallest absolute Gasteiger partial charge is 0.229 e. The molecule has 1 N–H and O–H groups in total. The zero-order valence-electron chi connectivity index (χ0n) is 9.41. The Balaban J connectivity index is 1.69. The van der Waals surface area contributed by atoms with Gasteiger partial charge in [-0.15, -0.1) is 0 Å². The summed E-state index contributed by atoms with van der Waals surface area (Å²) >= 11 is 0. The van der Waals surface area contributed by atoms with Crippen molar-refractivity contribution in [1.82, 2.24) is 10.1 Å². The molecule has 0 radical (unpaired) electrons. The first-order valence-corrected chi connectivity index (χ1v) is 5.88. The highest BCUT2D eigenvalue weighted by Gasteiger charge is 2.29. The molecule has 0 amide bonds. The van der Waals surface area contributed by atoms with Crippen LogP contribution in [0.15, 0.2) is 34.9 Å². The Hall–Kier alpha value is -1.68. The van der Waals surface area contributed by atoms with E-state index in [4.69, 9.17) is 4.52 Å². The molecule has 4 heteroatoms. The zero-order chi connectivity index (χ0) is 11.7. The van der Waals surface area contributed by atoms with Crippen LogP contribution < -0.4 is 0 Å². The lowest BCUT2D eigenvalue weighted by Gasteiger charge is -2.07. The topological polar surface area (TPSA) is 59.2 Å². The van der Waals surface area contributed by atoms with Gasteiger partial charge in [0.1, 0.15) is 0 Å². The van der Waals surface area contributed by atoms with Crippen molar-refractivity contribution in [1.29, 1.82) is 0 Å². The van der Waals surface area contributed by atoms with Gasteiger partial charge in [-0.1, -0.05) is 35.5 Å². The minimum Gasteiger partial charge on any atom is -0.388 e. The lowest BCUT2D eigenvalue weighted by molar-refractivity contribution is 0.164. The first-order chi connectivity index (χ1) is 8.33. The van der Waals surface area contributed by atoms with Crippen molar-refractivity contribution in [2.24, 2.45) is 0 Å². The average molecular weight is 230 g/mol. The van der Waals surface area contributed by atoms with Crippen LogP contribution in [0, 0.1) is 0 Å². The largest absolute Gasteiger partial charge is 0.388 e. The van der Waals surface area contributed by atoms with Gasteiger partial charge in [0.2, 0.25) is 5.89 Å². The molecule has 0 aliphatic heterocycles. The standard InChI is InChI=1S/C13H14N2O2/c16-11(9-4-2-1-3-5-9)8-12-14-13(15-17-12)10-6-7-10/h1-5,10-11,16H,6-8H2. The SMILES string of the molecule is OC(Cc1nc(C2CC2)no1)c1ccccc1. The second-order valence-corrected chi connectivity index (χ2v) is 4.45. The number of rotatable bonds is 4. The van der Waals surface area contributed by atoms with Gasteiger partial charge in [0.05, 0.1) is 12.5 Å². The molecule has 88 valence electrons. The van der Waals surface area contributed by atoms with Crippen LogP contribution >= 0.6 is 0 Å². The number of hydrogen-bond acceptors (Lipinski definition) is 4. The maximum absolute atomic E-state index is 10.0. The Labute approximate surface area is 99.3 Å². The van der Waals surface area contributed by atoms with Crippen LogP contribution in [-0.4, -0.2) is 15.2 Å². The molecule has 3 rings (SSSR count). The molecule has 1 aliphatic carbocycles. The van der Waals surface area contributed by atoms with Crippen LogP contribution in [0.1, 0.15) is 42.1 Å². The molecule has 0 spiro atoms. The van der Waals surface area contributed by atoms with Crippen LogP contribution in [0.5, 0.6) is 0 Å². The van der Waals surface area contributed by atoms with Crippen molar-refractivity contribution in [2.75, 3.05) is 0 Å². The predicted molar refractivity (Wildman–Crippen MR) is 61.4 cm³/mol. The second kappa shape index (κ2) is 4.30. The Kier molecular flexibility index (Phi) is 2.65. The monoisotopic (exact) mass is 230 g/mol. The van der Waals surface area contributed by atoms with Crippen LogP contribution in [0.2, 0.25) is 0 Å². The quantitative estimate of drug-likeness (QED) is 0.874. The third-order valence-corrected chi connectivity index (χ3v) is 2.98. The number of nitrogens with zero attached hydrogens (tertiary/aromatic N) is 2. The van der Waals surface area contributed by atoms with Gasteiger partial charge in [-0.05, 0) is 18.4 Å². The van der Waals surface area contributed by atoms with Gasteiger partial charge < -0.3 is 9.63 Å². The van der Waals surface area contributed by atoms with Gasteiger partial charge in [0, 0.05) is 5.92 Å². The van der Waals surface area contributed by atoms with Gasteiger partial charge in [0.15, 0.2) is 5.82 Å². The fraction of sp³-hybridized carbons (Fsp3) is 0.385. The molecule has 1 fully saturated rings. The van der Waals surface area contributed by atoms with Crippen molar-refractivity contribution < 1.29 is 9.63 Å². The summed E-state index contributed by atoms with van der Waals surface area (Å²) < 4.78 is 5.14. The molecule has 17 heavy (non-hydrogen) atoms. The highest BCUT2D eigenvalue weighted by molar-refractivity contribution is 5.18. The van der Waals surface area contributed by atoms with Gasteiger partial charge in [-0.25, -0.2) is 0 Å². The molecule has 1 saturated carbocycles. The Morgan fingerprint density at radius 1 is 1.29 bits per heavy atom. The lowest BCUT2D eigenvalue weighted by atomic mass is 10.1. The number of hydrogen-bond donors (Lipinski definition) is 1. The molecule has 1 aliphatic rings. The van der Waals surface area contributed by atoms with Crippen molar-refractivity contribution >= 4 is 0 Å². The average Bonchev–Trinajstić information content (AvgIpc) is 3.12. The van der Waals surface area contributed by atoms with Crippen LogP contribution in [0.25, 0.3) is 0 Å². The van der Waals surface area contributed by atoms with Crippen LogP contribution in [0.3, 0.4) is 0 Å². The summed E-state index contributed by atoms with van der Waals surface area (Å²) in [5, 5.41) is 13.9. The van der Waals surface area contributed by atoms with E-state index in [1.54, 1.807) is 0 Å².